The standard InChI is InChI=1S/C15H17NO8/c1-21-14-10-12(4-6-13(14)23-11-17)5-7-15(18)22-8-2-3-9-24-16(19)20/h4-7,10-11H,2-3,8-9H2,1H3/b7-5+. The molecule has 0 aliphatic carbocycles. The number of methoxy groups -OCH3 is 1. The number of rotatable bonds is 11. The fourth-order valence-electron chi connectivity index (χ4n) is 1.67. The van der Waals surface area contributed by atoms with Gasteiger partial charge in [-0.1, -0.05) is 6.07 Å². The summed E-state index contributed by atoms with van der Waals surface area (Å²) in [7, 11) is 1.43. The molecular weight excluding hydrogens is 322 g/mol. The van der Waals surface area contributed by atoms with Crippen molar-refractivity contribution in [1.82, 2.24) is 0 Å². The van der Waals surface area contributed by atoms with Gasteiger partial charge in [0.25, 0.3) is 11.6 Å². The maximum absolute atomic E-state index is 11.5. The van der Waals surface area contributed by atoms with Crippen molar-refractivity contribution in [3.05, 3.63) is 40.0 Å². The molecule has 0 saturated heterocycles. The topological polar surface area (TPSA) is 114 Å². The monoisotopic (exact) mass is 339 g/mol. The minimum atomic E-state index is -0.867. The number of unbranched alkanes of at least 4 members (excludes halogenated alkanes) is 1. The van der Waals surface area contributed by atoms with Crippen LogP contribution in [-0.4, -0.2) is 37.9 Å². The lowest BCUT2D eigenvalue weighted by Crippen LogP contribution is -2.06. The second-order valence-corrected chi connectivity index (χ2v) is 4.39. The summed E-state index contributed by atoms with van der Waals surface area (Å²) in [6.45, 7) is 0.399. The highest BCUT2D eigenvalue weighted by Gasteiger charge is 2.05. The van der Waals surface area contributed by atoms with Crippen molar-refractivity contribution in [2.45, 2.75) is 12.8 Å². The largest absolute Gasteiger partial charge is 0.493 e. The Balaban J connectivity index is 2.40. The van der Waals surface area contributed by atoms with Crippen molar-refractivity contribution in [3.8, 4) is 11.5 Å². The molecule has 0 unspecified atom stereocenters. The third-order valence-electron chi connectivity index (χ3n) is 2.75. The zero-order chi connectivity index (χ0) is 17.8. The molecule has 0 saturated carbocycles. The van der Waals surface area contributed by atoms with Crippen molar-refractivity contribution in [2.24, 2.45) is 0 Å². The molecule has 0 aliphatic heterocycles. The van der Waals surface area contributed by atoms with E-state index in [1.165, 1.54) is 25.3 Å². The molecule has 9 heteroatoms. The summed E-state index contributed by atoms with van der Waals surface area (Å²) in [5, 5.41) is 9.05. The third kappa shape index (κ3) is 7.25. The number of carbonyl (C=O) groups excluding carboxylic acids is 2. The Kier molecular flexibility index (Phi) is 8.37. The molecule has 9 nitrogen and oxygen atoms in total. The van der Waals surface area contributed by atoms with Gasteiger partial charge in [0.05, 0.1) is 20.3 Å². The fraction of sp³-hybridized carbons (Fsp3) is 0.333. The van der Waals surface area contributed by atoms with Gasteiger partial charge in [-0.05, 0) is 36.6 Å². The maximum Gasteiger partial charge on any atom is 0.330 e. The summed E-state index contributed by atoms with van der Waals surface area (Å²) in [4.78, 5) is 35.9. The van der Waals surface area contributed by atoms with Crippen molar-refractivity contribution in [1.29, 1.82) is 0 Å². The summed E-state index contributed by atoms with van der Waals surface area (Å²) in [6.07, 6.45) is 3.63. The lowest BCUT2D eigenvalue weighted by molar-refractivity contribution is -0.757. The highest BCUT2D eigenvalue weighted by Crippen LogP contribution is 2.28. The summed E-state index contributed by atoms with van der Waals surface area (Å²) < 4.78 is 14.7. The number of ether oxygens (including phenoxy) is 3. The van der Waals surface area contributed by atoms with Crippen molar-refractivity contribution in [3.63, 3.8) is 0 Å². The number of nitrogens with zero attached hydrogens (tertiary/aromatic N) is 1. The Labute approximate surface area is 137 Å². The lowest BCUT2D eigenvalue weighted by Gasteiger charge is -2.06. The first-order valence-corrected chi connectivity index (χ1v) is 6.97. The van der Waals surface area contributed by atoms with Gasteiger partial charge < -0.3 is 19.0 Å². The van der Waals surface area contributed by atoms with Gasteiger partial charge in [0.15, 0.2) is 11.5 Å². The molecule has 0 atom stereocenters. The van der Waals surface area contributed by atoms with Gasteiger partial charge in [-0.15, -0.1) is 10.1 Å². The van der Waals surface area contributed by atoms with Gasteiger partial charge >= 0.3 is 5.97 Å². The Bertz CT molecular complexity index is 599. The Morgan fingerprint density at radius 1 is 1.25 bits per heavy atom. The van der Waals surface area contributed by atoms with E-state index in [-0.39, 0.29) is 19.0 Å². The van der Waals surface area contributed by atoms with Crippen molar-refractivity contribution in [2.75, 3.05) is 20.3 Å². The zero-order valence-electron chi connectivity index (χ0n) is 13.0. The Morgan fingerprint density at radius 3 is 2.67 bits per heavy atom. The lowest BCUT2D eigenvalue weighted by atomic mass is 10.2. The second-order valence-electron chi connectivity index (χ2n) is 4.39. The maximum atomic E-state index is 11.5. The van der Waals surface area contributed by atoms with Crippen LogP contribution >= 0.6 is 0 Å². The highest BCUT2D eigenvalue weighted by atomic mass is 16.9. The van der Waals surface area contributed by atoms with E-state index in [1.54, 1.807) is 12.1 Å². The molecule has 0 amide bonds. The first-order chi connectivity index (χ1) is 11.6. The fourth-order valence-corrected chi connectivity index (χ4v) is 1.67. The quantitative estimate of drug-likeness (QED) is 0.150. The average Bonchev–Trinajstić information content (AvgIpc) is 2.57. The number of esters is 1. The second kappa shape index (κ2) is 10.6. The van der Waals surface area contributed by atoms with E-state index < -0.39 is 11.1 Å². The highest BCUT2D eigenvalue weighted by molar-refractivity contribution is 5.87. The van der Waals surface area contributed by atoms with Crippen LogP contribution in [0.4, 0.5) is 0 Å². The molecule has 0 aliphatic rings. The van der Waals surface area contributed by atoms with Crippen LogP contribution in [0.25, 0.3) is 6.08 Å². The molecule has 0 spiro atoms. The number of hydrogen-bond acceptors (Lipinski definition) is 8. The van der Waals surface area contributed by atoms with E-state index >= 15 is 0 Å². The third-order valence-corrected chi connectivity index (χ3v) is 2.75. The molecule has 130 valence electrons. The Hall–Kier alpha value is -3.10. The Morgan fingerprint density at radius 2 is 2.00 bits per heavy atom. The molecule has 0 radical (unpaired) electrons. The van der Waals surface area contributed by atoms with Gasteiger partial charge in [0.1, 0.15) is 0 Å². The SMILES string of the molecule is COc1cc(/C=C/C(=O)OCCCCO[N+](=O)[O-])ccc1OC=O. The van der Waals surface area contributed by atoms with Gasteiger partial charge in [-0.2, -0.15) is 0 Å². The van der Waals surface area contributed by atoms with Crippen molar-refractivity contribution < 1.29 is 33.7 Å². The normalized spacial score (nSPS) is 10.2. The van der Waals surface area contributed by atoms with Crippen LogP contribution in [0.5, 0.6) is 11.5 Å². The predicted molar refractivity (Wildman–Crippen MR) is 81.9 cm³/mol. The molecule has 1 rings (SSSR count). The molecule has 0 aromatic heterocycles. The van der Waals surface area contributed by atoms with Crippen LogP contribution < -0.4 is 9.47 Å². The molecule has 0 N–H and O–H groups in total. The van der Waals surface area contributed by atoms with Gasteiger partial charge in [-0.25, -0.2) is 4.79 Å². The molecule has 24 heavy (non-hydrogen) atoms. The zero-order valence-corrected chi connectivity index (χ0v) is 13.0. The molecule has 0 fully saturated rings. The average molecular weight is 339 g/mol. The summed E-state index contributed by atoms with van der Waals surface area (Å²) in [6, 6.07) is 4.77. The van der Waals surface area contributed by atoms with E-state index in [4.69, 9.17) is 14.2 Å². The van der Waals surface area contributed by atoms with Crippen molar-refractivity contribution >= 4 is 18.5 Å². The minimum absolute atomic E-state index is 0.0323. The molecule has 1 aromatic carbocycles. The van der Waals surface area contributed by atoms with Crippen LogP contribution in [0.3, 0.4) is 0 Å². The first-order valence-electron chi connectivity index (χ1n) is 6.97. The van der Waals surface area contributed by atoms with E-state index in [1.807, 2.05) is 0 Å². The molecule has 1 aromatic rings. The summed E-state index contributed by atoms with van der Waals surface area (Å²) in [5.74, 6) is 0.0740. The predicted octanol–water partition coefficient (Wildman–Crippen LogP) is 1.78. The van der Waals surface area contributed by atoms with E-state index in [2.05, 4.69) is 4.84 Å². The molecule has 0 bridgehead atoms. The smallest absolute Gasteiger partial charge is 0.330 e. The van der Waals surface area contributed by atoms with Gasteiger partial charge in [0.2, 0.25) is 0 Å². The summed E-state index contributed by atoms with van der Waals surface area (Å²) >= 11 is 0. The van der Waals surface area contributed by atoms with E-state index in [0.717, 1.165) is 0 Å². The number of hydrogen-bond donors (Lipinski definition) is 0. The van der Waals surface area contributed by atoms with Crippen LogP contribution in [0.1, 0.15) is 18.4 Å². The molecule has 0 heterocycles. The van der Waals surface area contributed by atoms with Gasteiger partial charge in [-0.3, -0.25) is 4.79 Å². The van der Waals surface area contributed by atoms with Crippen LogP contribution in [0.2, 0.25) is 0 Å². The first kappa shape index (κ1) is 18.9. The van der Waals surface area contributed by atoms with Crippen LogP contribution in [0.15, 0.2) is 24.3 Å². The van der Waals surface area contributed by atoms with Crippen LogP contribution in [0, 0.1) is 10.1 Å². The minimum Gasteiger partial charge on any atom is -0.493 e. The number of carbonyl (C=O) groups is 2. The van der Waals surface area contributed by atoms with Gasteiger partial charge in [0, 0.05) is 6.08 Å². The van der Waals surface area contributed by atoms with E-state index in [9.17, 15) is 19.7 Å². The molecular formula is C15H17NO8. The van der Waals surface area contributed by atoms with Crippen LogP contribution in [-0.2, 0) is 19.2 Å². The van der Waals surface area contributed by atoms with E-state index in [0.29, 0.717) is 30.6 Å². The summed E-state index contributed by atoms with van der Waals surface area (Å²) in [5.41, 5.74) is 0.654. The number of benzene rings is 1.